The number of aromatic nitrogens is 4. The average molecular weight is 1990 g/mol. The van der Waals surface area contributed by atoms with Crippen LogP contribution in [0.3, 0.4) is 0 Å². The van der Waals surface area contributed by atoms with Crippen LogP contribution < -0.4 is 0 Å². The molecule has 4 aromatic heterocycles. The number of hydrogen-bond acceptors (Lipinski definition) is 8. The van der Waals surface area contributed by atoms with Crippen molar-refractivity contribution in [2.75, 3.05) is 0 Å². The van der Waals surface area contributed by atoms with Gasteiger partial charge in [-0.15, -0.1) is 117 Å². The van der Waals surface area contributed by atoms with Crippen LogP contribution in [0.2, 0.25) is 0 Å². The molecule has 8 nitrogen and oxygen atoms in total. The summed E-state index contributed by atoms with van der Waals surface area (Å²) in [6.45, 7) is 17.5. The minimum absolute atomic E-state index is 0. The van der Waals surface area contributed by atoms with Crippen molar-refractivity contribution in [3.8, 4) is 67.3 Å². The van der Waals surface area contributed by atoms with Crippen LogP contribution in [0.1, 0.15) is 115 Å². The Morgan fingerprint density at radius 1 is 0.371 bits per heavy atom. The number of carbonyl (C=O) groups excluding carboxylic acids is 4. The third kappa shape index (κ3) is 20.4. The number of hydrogen-bond donors (Lipinski definition) is 0. The molecule has 0 amide bonds. The molecule has 0 aliphatic heterocycles. The van der Waals surface area contributed by atoms with E-state index in [2.05, 4.69) is 143 Å². The summed E-state index contributed by atoms with van der Waals surface area (Å²) >= 11 is 0. The van der Waals surface area contributed by atoms with Gasteiger partial charge in [-0.3, -0.25) is 19.2 Å². The van der Waals surface area contributed by atoms with Gasteiger partial charge in [-0.25, -0.2) is 0 Å². The number of nitrogens with zero attached hydrogens (tertiary/aromatic N) is 4. The van der Waals surface area contributed by atoms with Crippen molar-refractivity contribution in [1.29, 1.82) is 0 Å². The number of benzene rings is 8. The summed E-state index contributed by atoms with van der Waals surface area (Å²) < 4.78 is 0. The van der Waals surface area contributed by atoms with Gasteiger partial charge in [0.25, 0.3) is 0 Å². The zero-order chi connectivity index (χ0) is 62.8. The fourth-order valence-corrected chi connectivity index (χ4v) is 10.7. The fraction of sp³-hybridized carbons (Fsp3) is 0.153. The number of fused-ring (bicyclic) bond motifs is 5. The van der Waals surface area contributed by atoms with Crippen LogP contribution in [0, 0.1) is 71.7 Å². The van der Waals surface area contributed by atoms with Crippen molar-refractivity contribution >= 4 is 44.7 Å². The van der Waals surface area contributed by atoms with E-state index in [-0.39, 0.29) is 156 Å². The molecule has 12 aromatic rings. The fourth-order valence-electron chi connectivity index (χ4n) is 10.7. The summed E-state index contributed by atoms with van der Waals surface area (Å²) in [4.78, 5) is 64.9. The van der Waals surface area contributed by atoms with Gasteiger partial charge in [0, 0.05) is 145 Å². The minimum Gasteiger partial charge on any atom is -0.358 e. The first-order valence-electron chi connectivity index (χ1n) is 30.0. The molecule has 0 N–H and O–H groups in total. The van der Waals surface area contributed by atoms with Gasteiger partial charge in [0.05, 0.1) is 0 Å². The Morgan fingerprint density at radius 2 is 0.814 bits per heavy atom. The SMILES string of the molecule is CC(=O)c1ccc(-c2[c-]cc(-c3ccccc3)cc2)nc1.CC(C)C(=O)c1ccc(-c2[c-]cc3c(c2)C(C)(C)c2ccccc2-3)nc1.CC(C)C(=O)c1ccc(-c2[c-]cc3ccccc3c2)nc1.CC(C)C(=O)c1ccc(-c2[c-]ccc3ccccc23)nc1.[CH3-].[CH3-].[CH3-].[CH3-].[Ir].[Ir].[Ir].[Ir]. The maximum Gasteiger partial charge on any atom is 0.166 e. The second-order valence-corrected chi connectivity index (χ2v) is 23.5. The molecule has 0 unspecified atom stereocenters. The summed E-state index contributed by atoms with van der Waals surface area (Å²) in [6, 6.07) is 81.4. The van der Waals surface area contributed by atoms with Crippen molar-refractivity contribution < 1.29 is 99.6 Å². The second kappa shape index (κ2) is 38.9. The van der Waals surface area contributed by atoms with Crippen LogP contribution in [0.5, 0.6) is 0 Å². The molecule has 13 rings (SSSR count). The summed E-state index contributed by atoms with van der Waals surface area (Å²) in [5.41, 5.74) is 17.2. The van der Waals surface area contributed by atoms with Crippen LogP contribution in [-0.4, -0.2) is 43.1 Å². The maximum absolute atomic E-state index is 12.1. The van der Waals surface area contributed by atoms with E-state index in [1.807, 2.05) is 157 Å². The molecule has 4 radical (unpaired) electrons. The van der Waals surface area contributed by atoms with Crippen molar-refractivity contribution in [3.05, 3.63) is 318 Å². The Labute approximate surface area is 629 Å². The predicted molar refractivity (Wildman–Crippen MR) is 385 cm³/mol. The molecule has 1 aliphatic rings. The normalized spacial score (nSPS) is 10.8. The molecule has 0 saturated carbocycles. The van der Waals surface area contributed by atoms with E-state index in [0.29, 0.717) is 22.3 Å². The molecule has 97 heavy (non-hydrogen) atoms. The number of carbonyl (C=O) groups is 4. The average Bonchev–Trinajstić information content (AvgIpc) is 1.59. The smallest absolute Gasteiger partial charge is 0.166 e. The first-order chi connectivity index (χ1) is 42.9. The molecule has 12 heteroatoms. The summed E-state index contributed by atoms with van der Waals surface area (Å²) in [6.07, 6.45) is 6.60. The summed E-state index contributed by atoms with van der Waals surface area (Å²) in [7, 11) is 0. The number of pyridine rings is 4. The molecule has 1 aliphatic carbocycles. The monoisotopic (exact) mass is 1990 g/mol. The number of ketones is 4. The first kappa shape index (κ1) is 85.2. The molecule has 8 aromatic carbocycles. The molecule has 4 heterocycles. The molecule has 0 saturated heterocycles. The van der Waals surface area contributed by atoms with Crippen LogP contribution >= 0.6 is 0 Å². The van der Waals surface area contributed by atoms with Crippen molar-refractivity contribution in [2.45, 2.75) is 67.7 Å². The van der Waals surface area contributed by atoms with Crippen molar-refractivity contribution in [1.82, 2.24) is 19.9 Å². The van der Waals surface area contributed by atoms with E-state index >= 15 is 0 Å². The second-order valence-electron chi connectivity index (χ2n) is 23.5. The van der Waals surface area contributed by atoms with Crippen molar-refractivity contribution in [2.24, 2.45) is 17.8 Å². The standard InChI is InChI=1S/C24H22NO.2C19H16NO.C19H14NO.4CH3.4Ir/c1-15(2)23(26)17-10-12-22(25-14-17)16-9-11-19-18-7-5-6-8-20(18)24(3,4)21(19)13-16;1-13(2)19(21)15-10-11-18(20-12-15)17-9-5-7-14-6-3-4-8-16(14)17;1-13(2)19(21)17-9-10-18(20-12-17)16-8-7-14-5-3-4-6-15(14)11-16;1-14(21)18-11-12-19(20-13-18)17-9-7-16(8-10-17)15-5-3-2-4-6-15;;;;;;;;/h5-8,10-15H,1-4H3;3-8,10-13H,1-2H3;3-7,9-13H,1-2H3;2-9,11-13H,1H3;4*1H3;;;;/q8*-1;;;;. The van der Waals surface area contributed by atoms with Crippen LogP contribution in [0.4, 0.5) is 0 Å². The number of rotatable bonds is 12. The van der Waals surface area contributed by atoms with Gasteiger partial charge in [0.15, 0.2) is 23.1 Å². The molecule has 0 spiro atoms. The van der Waals surface area contributed by atoms with E-state index in [4.69, 9.17) is 0 Å². The Kier molecular flexibility index (Phi) is 34.2. The van der Waals surface area contributed by atoms with E-state index in [9.17, 15) is 19.2 Å². The number of Topliss-reactive ketones (excluding diaryl/α,β-unsaturated/α-hetero) is 4. The Balaban J connectivity index is 0.000000430. The quantitative estimate of drug-likeness (QED) is 0.0876. The van der Waals surface area contributed by atoms with E-state index in [1.165, 1.54) is 34.7 Å². The van der Waals surface area contributed by atoms with Gasteiger partial charge in [0.1, 0.15) is 0 Å². The zero-order valence-corrected chi connectivity index (χ0v) is 66.5. The zero-order valence-electron chi connectivity index (χ0n) is 56.9. The van der Waals surface area contributed by atoms with Crippen LogP contribution in [0.15, 0.2) is 231 Å². The van der Waals surface area contributed by atoms with Gasteiger partial charge < -0.3 is 49.6 Å². The predicted octanol–water partition coefficient (Wildman–Crippen LogP) is 21.0. The minimum atomic E-state index is -0.0384. The van der Waals surface area contributed by atoms with Gasteiger partial charge in [0.2, 0.25) is 0 Å². The van der Waals surface area contributed by atoms with E-state index < -0.39 is 0 Å². The van der Waals surface area contributed by atoms with Crippen molar-refractivity contribution in [3.63, 3.8) is 0 Å². The summed E-state index contributed by atoms with van der Waals surface area (Å²) in [5.74, 6) is 0.351. The summed E-state index contributed by atoms with van der Waals surface area (Å²) in [5, 5.41) is 4.61. The van der Waals surface area contributed by atoms with Gasteiger partial charge >= 0.3 is 0 Å². The van der Waals surface area contributed by atoms with Crippen LogP contribution in [0.25, 0.3) is 88.8 Å². The van der Waals surface area contributed by atoms with Crippen LogP contribution in [-0.2, 0) is 85.8 Å². The molecule has 0 atom stereocenters. The Morgan fingerprint density at radius 3 is 1.32 bits per heavy atom. The third-order valence-electron chi connectivity index (χ3n) is 15.8. The third-order valence-corrected chi connectivity index (χ3v) is 15.8. The molecular formula is C85H80Ir4N4O4-8. The Bertz CT molecular complexity index is 4490. The van der Waals surface area contributed by atoms with Gasteiger partial charge in [-0.1, -0.05) is 240 Å². The molecular weight excluding hydrogens is 1910 g/mol. The maximum atomic E-state index is 12.1. The molecule has 508 valence electrons. The molecule has 0 fully saturated rings. The molecule has 0 bridgehead atoms. The topological polar surface area (TPSA) is 120 Å². The van der Waals surface area contributed by atoms with Gasteiger partial charge in [-0.05, 0) is 40.7 Å². The largest absolute Gasteiger partial charge is 0.358 e. The van der Waals surface area contributed by atoms with E-state index in [0.717, 1.165) is 72.1 Å². The Hall–Kier alpha value is -7.84. The first-order valence-corrected chi connectivity index (χ1v) is 30.0. The van der Waals surface area contributed by atoms with Gasteiger partial charge in [-0.2, -0.15) is 0 Å². The van der Waals surface area contributed by atoms with E-state index in [1.54, 1.807) is 30.9 Å².